The van der Waals surface area contributed by atoms with Gasteiger partial charge in [-0.25, -0.2) is 9.97 Å². The van der Waals surface area contributed by atoms with E-state index in [2.05, 4.69) is 22.2 Å². The van der Waals surface area contributed by atoms with E-state index in [0.717, 1.165) is 30.0 Å². The summed E-state index contributed by atoms with van der Waals surface area (Å²) >= 11 is 0. The molecule has 0 saturated carbocycles. The Hall–Kier alpha value is -1.85. The topological polar surface area (TPSA) is 84.1 Å². The van der Waals surface area contributed by atoms with E-state index in [1.54, 1.807) is 0 Å². The van der Waals surface area contributed by atoms with Gasteiger partial charge in [-0.1, -0.05) is 13.3 Å². The summed E-state index contributed by atoms with van der Waals surface area (Å²) in [4.78, 5) is 21.5. The van der Waals surface area contributed by atoms with Gasteiger partial charge in [0, 0.05) is 19.2 Å². The molecule has 6 heteroatoms. The van der Waals surface area contributed by atoms with Crippen molar-refractivity contribution in [1.29, 1.82) is 0 Å². The summed E-state index contributed by atoms with van der Waals surface area (Å²) in [6.45, 7) is 4.92. The summed E-state index contributed by atoms with van der Waals surface area (Å²) in [6.07, 6.45) is 3.36. The Kier molecular flexibility index (Phi) is 5.35. The van der Waals surface area contributed by atoms with Gasteiger partial charge in [0.1, 0.15) is 18.0 Å². The quantitative estimate of drug-likeness (QED) is 0.748. The number of nitrogens with one attached hydrogen (secondary N) is 1. The number of likely N-dealkylation sites (N-methyl/N-ethyl adjacent to an activating group) is 1. The number of hydrogen-bond acceptors (Lipinski definition) is 5. The van der Waals surface area contributed by atoms with Crippen molar-refractivity contribution < 1.29 is 4.79 Å². The molecule has 0 radical (unpaired) electrons. The molecule has 100 valence electrons. The van der Waals surface area contributed by atoms with Gasteiger partial charge in [-0.3, -0.25) is 4.79 Å². The van der Waals surface area contributed by atoms with E-state index in [-0.39, 0.29) is 12.5 Å². The molecule has 0 saturated heterocycles. The molecule has 1 aromatic heterocycles. The van der Waals surface area contributed by atoms with Crippen molar-refractivity contribution in [3.05, 3.63) is 11.9 Å². The van der Waals surface area contributed by atoms with Crippen LogP contribution in [-0.2, 0) is 11.2 Å². The molecular formula is C12H21N5O. The average molecular weight is 251 g/mol. The van der Waals surface area contributed by atoms with Crippen molar-refractivity contribution in [3.8, 4) is 0 Å². The molecule has 1 amide bonds. The first-order chi connectivity index (χ1) is 8.63. The molecule has 1 rings (SSSR count). The highest BCUT2D eigenvalue weighted by atomic mass is 16.1. The van der Waals surface area contributed by atoms with Gasteiger partial charge in [0.15, 0.2) is 0 Å². The lowest BCUT2D eigenvalue weighted by atomic mass is 10.1. The Morgan fingerprint density at radius 3 is 2.67 bits per heavy atom. The van der Waals surface area contributed by atoms with Crippen LogP contribution in [0.4, 0.5) is 11.6 Å². The van der Waals surface area contributed by atoms with E-state index in [1.807, 2.05) is 18.9 Å². The highest BCUT2D eigenvalue weighted by Crippen LogP contribution is 2.24. The molecule has 0 bridgehead atoms. The number of nitrogens with zero attached hydrogens (tertiary/aromatic N) is 3. The van der Waals surface area contributed by atoms with Gasteiger partial charge in [-0.2, -0.15) is 0 Å². The van der Waals surface area contributed by atoms with Crippen molar-refractivity contribution in [2.75, 3.05) is 30.4 Å². The Morgan fingerprint density at radius 2 is 2.17 bits per heavy atom. The fourth-order valence-corrected chi connectivity index (χ4v) is 1.90. The second-order valence-corrected chi connectivity index (χ2v) is 4.00. The molecule has 0 aliphatic heterocycles. The molecule has 3 N–H and O–H groups in total. The van der Waals surface area contributed by atoms with Crippen LogP contribution in [0.2, 0.25) is 0 Å². The summed E-state index contributed by atoms with van der Waals surface area (Å²) in [5, 5.41) is 3.06. The van der Waals surface area contributed by atoms with Gasteiger partial charge in [0.05, 0.1) is 6.54 Å². The first kappa shape index (κ1) is 14.2. The zero-order valence-electron chi connectivity index (χ0n) is 11.2. The molecule has 0 spiro atoms. The van der Waals surface area contributed by atoms with Crippen molar-refractivity contribution in [2.24, 2.45) is 5.73 Å². The van der Waals surface area contributed by atoms with E-state index in [4.69, 9.17) is 5.73 Å². The fraction of sp³-hybridized carbons (Fsp3) is 0.583. The third-order valence-electron chi connectivity index (χ3n) is 2.69. The standard InChI is InChI=1S/C12H21N5O/c1-4-6-9-11(14-3)15-8-16-12(9)17(5-2)7-10(13)18/h8H,4-7H2,1-3H3,(H2,13,18)(H,14,15,16). The number of nitrogens with two attached hydrogens (primary N) is 1. The second-order valence-electron chi connectivity index (χ2n) is 4.00. The minimum Gasteiger partial charge on any atom is -0.373 e. The summed E-state index contributed by atoms with van der Waals surface area (Å²) in [7, 11) is 1.83. The molecule has 0 aliphatic rings. The van der Waals surface area contributed by atoms with Crippen LogP contribution in [0.25, 0.3) is 0 Å². The first-order valence-corrected chi connectivity index (χ1v) is 6.18. The molecule has 18 heavy (non-hydrogen) atoms. The number of primary amides is 1. The summed E-state index contributed by atoms with van der Waals surface area (Å²) < 4.78 is 0. The molecule has 1 aromatic rings. The number of rotatable bonds is 7. The van der Waals surface area contributed by atoms with Crippen LogP contribution in [0.3, 0.4) is 0 Å². The monoisotopic (exact) mass is 251 g/mol. The fourth-order valence-electron chi connectivity index (χ4n) is 1.90. The van der Waals surface area contributed by atoms with Crippen LogP contribution < -0.4 is 16.0 Å². The normalized spacial score (nSPS) is 10.2. The van der Waals surface area contributed by atoms with Crippen LogP contribution in [0.1, 0.15) is 25.8 Å². The number of aromatic nitrogens is 2. The second kappa shape index (κ2) is 6.78. The Balaban J connectivity index is 3.15. The minimum atomic E-state index is -0.357. The maximum Gasteiger partial charge on any atom is 0.236 e. The molecule has 0 aliphatic carbocycles. The summed E-state index contributed by atoms with van der Waals surface area (Å²) in [6, 6.07) is 0. The van der Waals surface area contributed by atoms with E-state index in [1.165, 1.54) is 6.33 Å². The predicted octanol–water partition coefficient (Wildman–Crippen LogP) is 0.782. The third kappa shape index (κ3) is 3.32. The van der Waals surface area contributed by atoms with E-state index in [0.29, 0.717) is 6.54 Å². The van der Waals surface area contributed by atoms with Gasteiger partial charge >= 0.3 is 0 Å². The first-order valence-electron chi connectivity index (χ1n) is 6.18. The Labute approximate surface area is 108 Å². The van der Waals surface area contributed by atoms with E-state index >= 15 is 0 Å². The number of anilines is 2. The lowest BCUT2D eigenvalue weighted by molar-refractivity contribution is -0.116. The van der Waals surface area contributed by atoms with E-state index in [9.17, 15) is 4.79 Å². The molecule has 0 unspecified atom stereocenters. The third-order valence-corrected chi connectivity index (χ3v) is 2.69. The SMILES string of the molecule is CCCc1c(NC)ncnc1N(CC)CC(N)=O. The number of carbonyl (C=O) groups is 1. The van der Waals surface area contributed by atoms with Crippen LogP contribution >= 0.6 is 0 Å². The van der Waals surface area contributed by atoms with Crippen LogP contribution in [0.15, 0.2) is 6.33 Å². The summed E-state index contributed by atoms with van der Waals surface area (Å²) in [5.41, 5.74) is 6.29. The van der Waals surface area contributed by atoms with Crippen molar-refractivity contribution in [3.63, 3.8) is 0 Å². The maximum absolute atomic E-state index is 11.1. The highest BCUT2D eigenvalue weighted by Gasteiger charge is 2.16. The molecule has 0 atom stereocenters. The number of amides is 1. The highest BCUT2D eigenvalue weighted by molar-refractivity contribution is 5.79. The van der Waals surface area contributed by atoms with E-state index < -0.39 is 0 Å². The summed E-state index contributed by atoms with van der Waals surface area (Å²) in [5.74, 6) is 1.24. The molecule has 6 nitrogen and oxygen atoms in total. The van der Waals surface area contributed by atoms with Crippen LogP contribution in [-0.4, -0.2) is 36.0 Å². The lowest BCUT2D eigenvalue weighted by Gasteiger charge is -2.23. The van der Waals surface area contributed by atoms with Gasteiger partial charge < -0.3 is 16.0 Å². The van der Waals surface area contributed by atoms with Gasteiger partial charge in [-0.05, 0) is 13.3 Å². The van der Waals surface area contributed by atoms with Crippen LogP contribution in [0, 0.1) is 0 Å². The minimum absolute atomic E-state index is 0.174. The predicted molar refractivity (Wildman–Crippen MR) is 72.7 cm³/mol. The Morgan fingerprint density at radius 1 is 1.44 bits per heavy atom. The number of carbonyl (C=O) groups excluding carboxylic acids is 1. The zero-order chi connectivity index (χ0) is 13.5. The van der Waals surface area contributed by atoms with Crippen molar-refractivity contribution >= 4 is 17.5 Å². The Bertz CT molecular complexity index is 407. The molecule has 0 fully saturated rings. The largest absolute Gasteiger partial charge is 0.373 e. The van der Waals surface area contributed by atoms with Gasteiger partial charge in [0.25, 0.3) is 0 Å². The average Bonchev–Trinajstić information content (AvgIpc) is 2.36. The van der Waals surface area contributed by atoms with Crippen molar-refractivity contribution in [1.82, 2.24) is 9.97 Å². The molecule has 0 aromatic carbocycles. The van der Waals surface area contributed by atoms with Crippen LogP contribution in [0.5, 0.6) is 0 Å². The molecule has 1 heterocycles. The lowest BCUT2D eigenvalue weighted by Crippen LogP contribution is -2.35. The van der Waals surface area contributed by atoms with Crippen molar-refractivity contribution in [2.45, 2.75) is 26.7 Å². The van der Waals surface area contributed by atoms with Gasteiger partial charge in [0.2, 0.25) is 5.91 Å². The maximum atomic E-state index is 11.1. The van der Waals surface area contributed by atoms with Gasteiger partial charge in [-0.15, -0.1) is 0 Å². The molecular weight excluding hydrogens is 230 g/mol. The smallest absolute Gasteiger partial charge is 0.236 e. The number of hydrogen-bond donors (Lipinski definition) is 2. The zero-order valence-corrected chi connectivity index (χ0v) is 11.2.